The van der Waals surface area contributed by atoms with Crippen molar-refractivity contribution in [1.29, 1.82) is 0 Å². The van der Waals surface area contributed by atoms with Crippen molar-refractivity contribution in [3.8, 4) is 0 Å². The molecular formula is C21H26N4O3. The van der Waals surface area contributed by atoms with Crippen molar-refractivity contribution < 1.29 is 14.3 Å². The Hall–Kier alpha value is -3.09. The fourth-order valence-electron chi connectivity index (χ4n) is 3.15. The molecular weight excluding hydrogens is 356 g/mol. The van der Waals surface area contributed by atoms with Crippen molar-refractivity contribution in [2.45, 2.75) is 20.4 Å². The van der Waals surface area contributed by atoms with Gasteiger partial charge in [0.1, 0.15) is 0 Å². The molecule has 1 N–H and O–H groups in total. The number of benzene rings is 1. The Morgan fingerprint density at radius 2 is 1.82 bits per heavy atom. The van der Waals surface area contributed by atoms with E-state index < -0.39 is 0 Å². The average molecular weight is 382 g/mol. The molecule has 1 saturated heterocycles. The number of rotatable bonds is 5. The lowest BCUT2D eigenvalue weighted by molar-refractivity contribution is 0.0570. The predicted molar refractivity (Wildman–Crippen MR) is 107 cm³/mol. The predicted octanol–water partition coefficient (Wildman–Crippen LogP) is 2.92. The van der Waals surface area contributed by atoms with Crippen LogP contribution in [0, 0.1) is 6.92 Å². The summed E-state index contributed by atoms with van der Waals surface area (Å²) < 4.78 is 5.01. The summed E-state index contributed by atoms with van der Waals surface area (Å²) in [7, 11) is 0. The molecule has 0 unspecified atom stereocenters. The number of pyridine rings is 1. The zero-order valence-electron chi connectivity index (χ0n) is 16.4. The second-order valence-corrected chi connectivity index (χ2v) is 6.72. The number of ether oxygens (including phenoxy) is 1. The first-order valence-electron chi connectivity index (χ1n) is 9.53. The number of anilines is 1. The maximum absolute atomic E-state index is 12.8. The van der Waals surface area contributed by atoms with Crippen molar-refractivity contribution >= 4 is 17.7 Å². The summed E-state index contributed by atoms with van der Waals surface area (Å²) in [6, 6.07) is 10.0. The van der Waals surface area contributed by atoms with E-state index in [9.17, 15) is 9.59 Å². The molecule has 2 heterocycles. The van der Waals surface area contributed by atoms with Crippen LogP contribution in [-0.2, 0) is 11.3 Å². The number of hydrogen-bond acceptors (Lipinski definition) is 5. The van der Waals surface area contributed by atoms with Gasteiger partial charge in [-0.1, -0.05) is 24.3 Å². The fraction of sp³-hybridized carbons (Fsp3) is 0.381. The molecule has 28 heavy (non-hydrogen) atoms. The monoisotopic (exact) mass is 382 g/mol. The average Bonchev–Trinajstić information content (AvgIpc) is 2.73. The molecule has 0 saturated carbocycles. The quantitative estimate of drug-likeness (QED) is 0.861. The van der Waals surface area contributed by atoms with E-state index in [1.165, 1.54) is 11.1 Å². The number of piperazine rings is 1. The van der Waals surface area contributed by atoms with Gasteiger partial charge in [-0.2, -0.15) is 0 Å². The molecule has 0 spiro atoms. The smallest absolute Gasteiger partial charge is 0.409 e. The van der Waals surface area contributed by atoms with Gasteiger partial charge in [0, 0.05) is 45.1 Å². The van der Waals surface area contributed by atoms with E-state index in [0.29, 0.717) is 44.9 Å². The standard InChI is InChI=1S/C21H26N4O3/c1-3-28-21(27)25-10-8-24(9-11-25)20(26)18-12-19(15-22-13-18)23-14-17-7-5-4-6-16(17)2/h4-7,12-13,15,23H,3,8-11,14H2,1-2H3. The summed E-state index contributed by atoms with van der Waals surface area (Å²) >= 11 is 0. The van der Waals surface area contributed by atoms with Gasteiger partial charge < -0.3 is 19.9 Å². The van der Waals surface area contributed by atoms with E-state index in [-0.39, 0.29) is 12.0 Å². The topological polar surface area (TPSA) is 74.8 Å². The Morgan fingerprint density at radius 3 is 2.54 bits per heavy atom. The number of aryl methyl sites for hydroxylation is 1. The van der Waals surface area contributed by atoms with Crippen molar-refractivity contribution in [3.05, 3.63) is 59.4 Å². The first-order chi connectivity index (χ1) is 13.6. The Morgan fingerprint density at radius 1 is 1.11 bits per heavy atom. The fourth-order valence-corrected chi connectivity index (χ4v) is 3.15. The van der Waals surface area contributed by atoms with Gasteiger partial charge in [-0.15, -0.1) is 0 Å². The van der Waals surface area contributed by atoms with Crippen LogP contribution >= 0.6 is 0 Å². The zero-order chi connectivity index (χ0) is 19.9. The minimum atomic E-state index is -0.321. The first-order valence-corrected chi connectivity index (χ1v) is 9.53. The highest BCUT2D eigenvalue weighted by atomic mass is 16.6. The van der Waals surface area contributed by atoms with Crippen molar-refractivity contribution in [1.82, 2.24) is 14.8 Å². The van der Waals surface area contributed by atoms with Crippen molar-refractivity contribution in [2.75, 3.05) is 38.1 Å². The van der Waals surface area contributed by atoms with E-state index in [2.05, 4.69) is 29.4 Å². The number of nitrogens with one attached hydrogen (secondary N) is 1. The third kappa shape index (κ3) is 4.79. The van der Waals surface area contributed by atoms with E-state index >= 15 is 0 Å². The van der Waals surface area contributed by atoms with Crippen LogP contribution in [0.2, 0.25) is 0 Å². The molecule has 1 aromatic carbocycles. The zero-order valence-corrected chi connectivity index (χ0v) is 16.4. The third-order valence-electron chi connectivity index (χ3n) is 4.82. The Labute approximate surface area is 165 Å². The van der Waals surface area contributed by atoms with Gasteiger partial charge in [-0.3, -0.25) is 9.78 Å². The van der Waals surface area contributed by atoms with Crippen LogP contribution in [0.1, 0.15) is 28.4 Å². The summed E-state index contributed by atoms with van der Waals surface area (Å²) in [5.74, 6) is -0.0736. The summed E-state index contributed by atoms with van der Waals surface area (Å²) in [6.07, 6.45) is 2.98. The largest absolute Gasteiger partial charge is 0.450 e. The molecule has 1 fully saturated rings. The lowest BCUT2D eigenvalue weighted by Gasteiger charge is -2.34. The molecule has 3 rings (SSSR count). The molecule has 1 aliphatic rings. The van der Waals surface area contributed by atoms with E-state index in [1.807, 2.05) is 18.2 Å². The molecule has 2 amide bonds. The Kier molecular flexibility index (Phi) is 6.47. The van der Waals surface area contributed by atoms with Crippen LogP contribution < -0.4 is 5.32 Å². The highest BCUT2D eigenvalue weighted by Crippen LogP contribution is 2.15. The van der Waals surface area contributed by atoms with Gasteiger partial charge >= 0.3 is 6.09 Å². The van der Waals surface area contributed by atoms with Crippen LogP contribution in [0.4, 0.5) is 10.5 Å². The molecule has 148 valence electrons. The lowest BCUT2D eigenvalue weighted by Crippen LogP contribution is -2.50. The van der Waals surface area contributed by atoms with Crippen molar-refractivity contribution in [2.24, 2.45) is 0 Å². The Bertz CT molecular complexity index is 832. The second kappa shape index (κ2) is 9.21. The number of amides is 2. The van der Waals surface area contributed by atoms with Gasteiger partial charge in [0.25, 0.3) is 5.91 Å². The minimum absolute atomic E-state index is 0.0736. The molecule has 0 atom stereocenters. The van der Waals surface area contributed by atoms with Crippen LogP contribution in [0.5, 0.6) is 0 Å². The number of nitrogens with zero attached hydrogens (tertiary/aromatic N) is 3. The van der Waals surface area contributed by atoms with Crippen LogP contribution in [0.3, 0.4) is 0 Å². The normalized spacial score (nSPS) is 13.9. The molecule has 7 heteroatoms. The molecule has 1 aromatic heterocycles. The number of hydrogen-bond donors (Lipinski definition) is 1. The second-order valence-electron chi connectivity index (χ2n) is 6.72. The number of aromatic nitrogens is 1. The van der Waals surface area contributed by atoms with E-state index in [0.717, 1.165) is 5.69 Å². The van der Waals surface area contributed by atoms with Crippen LogP contribution in [0.25, 0.3) is 0 Å². The molecule has 0 aliphatic carbocycles. The van der Waals surface area contributed by atoms with Gasteiger partial charge in [-0.05, 0) is 31.0 Å². The highest BCUT2D eigenvalue weighted by molar-refractivity contribution is 5.95. The number of carbonyl (C=O) groups is 2. The van der Waals surface area contributed by atoms with Gasteiger partial charge in [-0.25, -0.2) is 4.79 Å². The van der Waals surface area contributed by atoms with Gasteiger partial charge in [0.2, 0.25) is 0 Å². The van der Waals surface area contributed by atoms with E-state index in [4.69, 9.17) is 4.74 Å². The minimum Gasteiger partial charge on any atom is -0.450 e. The Balaban J connectivity index is 1.58. The first kappa shape index (κ1) is 19.7. The highest BCUT2D eigenvalue weighted by Gasteiger charge is 2.25. The summed E-state index contributed by atoms with van der Waals surface area (Å²) in [5, 5.41) is 3.33. The summed E-state index contributed by atoms with van der Waals surface area (Å²) in [6.45, 7) is 6.80. The van der Waals surface area contributed by atoms with Crippen LogP contribution in [-0.4, -0.2) is 59.6 Å². The maximum Gasteiger partial charge on any atom is 0.409 e. The summed E-state index contributed by atoms with van der Waals surface area (Å²) in [5.41, 5.74) is 3.77. The SMILES string of the molecule is CCOC(=O)N1CCN(C(=O)c2cncc(NCc3ccccc3C)c2)CC1. The molecule has 0 bridgehead atoms. The number of carbonyl (C=O) groups excluding carboxylic acids is 2. The van der Waals surface area contributed by atoms with E-state index in [1.54, 1.807) is 29.1 Å². The van der Waals surface area contributed by atoms with Gasteiger partial charge in [0.15, 0.2) is 0 Å². The van der Waals surface area contributed by atoms with Crippen LogP contribution in [0.15, 0.2) is 42.7 Å². The molecule has 2 aromatic rings. The molecule has 7 nitrogen and oxygen atoms in total. The third-order valence-corrected chi connectivity index (χ3v) is 4.82. The summed E-state index contributed by atoms with van der Waals surface area (Å²) in [4.78, 5) is 32.2. The van der Waals surface area contributed by atoms with Crippen molar-refractivity contribution in [3.63, 3.8) is 0 Å². The maximum atomic E-state index is 12.8. The molecule has 0 radical (unpaired) electrons. The van der Waals surface area contributed by atoms with Gasteiger partial charge in [0.05, 0.1) is 17.9 Å². The molecule has 1 aliphatic heterocycles. The lowest BCUT2D eigenvalue weighted by atomic mass is 10.1.